The van der Waals surface area contributed by atoms with Crippen LogP contribution < -0.4 is 15.3 Å². The van der Waals surface area contributed by atoms with Gasteiger partial charge in [0, 0.05) is 7.11 Å². The summed E-state index contributed by atoms with van der Waals surface area (Å²) < 4.78 is 77.9. The van der Waals surface area contributed by atoms with Crippen LogP contribution >= 0.6 is 7.75 Å². The number of aromatic nitrogens is 3. The molecule has 17 nitrogen and oxygen atoms in total. The number of halogens is 1. The zero-order chi connectivity index (χ0) is 38.4. The van der Waals surface area contributed by atoms with Crippen molar-refractivity contribution < 1.29 is 56.0 Å². The molecule has 53 heavy (non-hydrogen) atoms. The van der Waals surface area contributed by atoms with E-state index < -0.39 is 68.9 Å². The molecule has 0 bridgehead atoms. The molecule has 2 aliphatic rings. The van der Waals surface area contributed by atoms with Gasteiger partial charge in [0.2, 0.25) is 5.60 Å². The van der Waals surface area contributed by atoms with E-state index in [0.29, 0.717) is 18.4 Å². The normalized spacial score (nSPS) is 25.5. The van der Waals surface area contributed by atoms with Crippen molar-refractivity contribution in [2.75, 3.05) is 32.7 Å². The summed E-state index contributed by atoms with van der Waals surface area (Å²) in [7, 11) is -3.59. The van der Waals surface area contributed by atoms with Crippen LogP contribution in [0.2, 0.25) is 0 Å². The minimum absolute atomic E-state index is 0.00547. The van der Waals surface area contributed by atoms with Gasteiger partial charge >= 0.3 is 19.7 Å². The van der Waals surface area contributed by atoms with Crippen LogP contribution in [-0.4, -0.2) is 84.0 Å². The molecule has 4 heterocycles. The second-order valence-corrected chi connectivity index (χ2v) is 15.0. The Balaban J connectivity index is 1.46. The Morgan fingerprint density at radius 1 is 1.08 bits per heavy atom. The fourth-order valence-electron chi connectivity index (χ4n) is 5.62. The largest absolute Gasteiger partial charge is 0.466 e. The average molecular weight is 763 g/mol. The molecule has 19 heteroatoms. The Morgan fingerprint density at radius 2 is 1.75 bits per heavy atom. The molecule has 1 aromatic carbocycles. The summed E-state index contributed by atoms with van der Waals surface area (Å²) in [5.41, 5.74) is 4.07. The third-order valence-electron chi connectivity index (χ3n) is 8.43. The highest BCUT2D eigenvalue weighted by molar-refractivity contribution is 7.52. The van der Waals surface area contributed by atoms with E-state index in [1.54, 1.807) is 18.2 Å². The fraction of sp³-hybridized carbons (Fsp3) is 0.559. The van der Waals surface area contributed by atoms with Crippen molar-refractivity contribution in [1.82, 2.24) is 19.7 Å². The summed E-state index contributed by atoms with van der Waals surface area (Å²) in [6.45, 7) is 5.24. The number of methoxy groups -OCH3 is 1. The van der Waals surface area contributed by atoms with Crippen molar-refractivity contribution in [3.63, 3.8) is 0 Å². The third kappa shape index (κ3) is 9.13. The molecule has 2 aromatic heterocycles. The molecule has 0 aliphatic carbocycles. The Kier molecular flexibility index (Phi) is 12.7. The number of hydrogen-bond acceptors (Lipinski definition) is 15. The lowest BCUT2D eigenvalue weighted by Crippen LogP contribution is -2.44. The summed E-state index contributed by atoms with van der Waals surface area (Å²) in [4.78, 5) is 30.2. The number of carbonyl (C=O) groups excluding carboxylic acids is 2. The zero-order valence-electron chi connectivity index (χ0n) is 30.0. The average Bonchev–Trinajstić information content (AvgIpc) is 3.82. The number of ether oxygens (including phenoxy) is 6. The van der Waals surface area contributed by atoms with Crippen molar-refractivity contribution in [2.24, 2.45) is 11.8 Å². The summed E-state index contributed by atoms with van der Waals surface area (Å²) >= 11 is 0. The van der Waals surface area contributed by atoms with Gasteiger partial charge in [-0.15, -0.1) is 0 Å². The minimum atomic E-state index is -4.84. The van der Waals surface area contributed by atoms with Gasteiger partial charge in [0.15, 0.2) is 11.9 Å². The predicted octanol–water partition coefficient (Wildman–Crippen LogP) is 4.17. The van der Waals surface area contributed by atoms with E-state index in [9.17, 15) is 19.4 Å². The van der Waals surface area contributed by atoms with Gasteiger partial charge in [-0.2, -0.15) is 15.4 Å². The van der Waals surface area contributed by atoms with Crippen LogP contribution in [0.4, 0.5) is 10.2 Å². The zero-order valence-corrected chi connectivity index (χ0v) is 30.9. The van der Waals surface area contributed by atoms with E-state index in [0.717, 1.165) is 6.33 Å². The first-order chi connectivity index (χ1) is 25.2. The standard InChI is InChI=1S/C34H44FN6O11P/c1-21(2)13-15-46-27(42)17-24(31(43)47-16-14-22(3)4)40-53(44,51-23-9-7-6-8-10-23)48-19-34(35)29-28(49-32(45-5)50-29)33(18-36,52-34)26-12-11-25-30(37)38-20-39-41(25)26/h6-12,20-22,24,28-29,32H,13-17,19H2,1-5H3,(H,40,44)(H2,37,38,39)/t24-,28+,29-,32?,33-,34+,53?/m0/s1. The second-order valence-electron chi connectivity index (χ2n) is 13.3. The number of nitrogens with zero attached hydrogens (tertiary/aromatic N) is 4. The number of carbonyl (C=O) groups is 2. The first-order valence-corrected chi connectivity index (χ1v) is 18.6. The molecule has 3 aromatic rings. The summed E-state index contributed by atoms with van der Waals surface area (Å²) in [5.74, 6) is -4.28. The first kappa shape index (κ1) is 40.0. The number of esters is 2. The topological polar surface area (TPSA) is 217 Å². The maximum Gasteiger partial charge on any atom is 0.459 e. The number of nitrogens with two attached hydrogens (primary N) is 1. The van der Waals surface area contributed by atoms with Crippen LogP contribution in [0.5, 0.6) is 5.75 Å². The van der Waals surface area contributed by atoms with Crippen molar-refractivity contribution in [2.45, 2.75) is 83.1 Å². The molecule has 0 radical (unpaired) electrons. The molecule has 2 saturated heterocycles. The van der Waals surface area contributed by atoms with Crippen LogP contribution in [0.15, 0.2) is 48.8 Å². The number of fused-ring (bicyclic) bond motifs is 2. The van der Waals surface area contributed by atoms with Gasteiger partial charge in [-0.1, -0.05) is 45.9 Å². The van der Waals surface area contributed by atoms with Crippen molar-refractivity contribution in [3.8, 4) is 11.8 Å². The Hall–Kier alpha value is -4.21. The summed E-state index contributed by atoms with van der Waals surface area (Å²) in [5, 5.41) is 17.2. The Morgan fingerprint density at radius 3 is 2.42 bits per heavy atom. The molecule has 7 atom stereocenters. The van der Waals surface area contributed by atoms with Crippen LogP contribution in [0, 0.1) is 23.2 Å². The molecule has 0 amide bonds. The van der Waals surface area contributed by atoms with Crippen molar-refractivity contribution in [3.05, 3.63) is 54.5 Å². The number of nitrogen functional groups attached to an aromatic ring is 1. The number of anilines is 1. The number of alkyl halides is 1. The molecule has 3 N–H and O–H groups in total. The molecular weight excluding hydrogens is 718 g/mol. The number of nitriles is 1. The van der Waals surface area contributed by atoms with Crippen molar-refractivity contribution >= 4 is 31.0 Å². The highest BCUT2D eigenvalue weighted by Gasteiger charge is 2.72. The van der Waals surface area contributed by atoms with E-state index in [4.69, 9.17) is 43.2 Å². The molecule has 0 saturated carbocycles. The maximum absolute atomic E-state index is 17.4. The molecule has 2 unspecified atom stereocenters. The van der Waals surface area contributed by atoms with E-state index in [1.165, 1.54) is 35.9 Å². The van der Waals surface area contributed by atoms with Gasteiger partial charge in [-0.05, 0) is 48.9 Å². The van der Waals surface area contributed by atoms with Crippen LogP contribution in [-0.2, 0) is 52.7 Å². The van der Waals surface area contributed by atoms with E-state index in [-0.39, 0.29) is 42.3 Å². The smallest absolute Gasteiger partial charge is 0.459 e. The number of para-hydroxylation sites is 1. The Bertz CT molecular complexity index is 1830. The van der Waals surface area contributed by atoms with Gasteiger partial charge in [0.25, 0.3) is 12.3 Å². The quantitative estimate of drug-likeness (QED) is 0.137. The van der Waals surface area contributed by atoms with Gasteiger partial charge in [-0.3, -0.25) is 14.1 Å². The third-order valence-corrected chi connectivity index (χ3v) is 9.98. The predicted molar refractivity (Wildman–Crippen MR) is 183 cm³/mol. The highest BCUT2D eigenvalue weighted by atomic mass is 31.2. The molecule has 2 aliphatic heterocycles. The summed E-state index contributed by atoms with van der Waals surface area (Å²) in [6, 6.07) is 11.1. The second kappa shape index (κ2) is 16.9. The Labute approximate surface area is 305 Å². The molecule has 2 fully saturated rings. The fourth-order valence-corrected chi connectivity index (χ4v) is 7.12. The molecular formula is C34H44FN6O11P. The van der Waals surface area contributed by atoms with Crippen LogP contribution in [0.25, 0.3) is 5.52 Å². The number of hydrogen-bond donors (Lipinski definition) is 2. The van der Waals surface area contributed by atoms with E-state index in [2.05, 4.69) is 15.2 Å². The van der Waals surface area contributed by atoms with E-state index in [1.807, 2.05) is 33.8 Å². The van der Waals surface area contributed by atoms with Gasteiger partial charge < -0.3 is 38.7 Å². The molecule has 0 spiro atoms. The lowest BCUT2D eigenvalue weighted by molar-refractivity contribution is -0.296. The molecule has 288 valence electrons. The van der Waals surface area contributed by atoms with Gasteiger partial charge in [-0.25, -0.2) is 18.5 Å². The SMILES string of the molecule is COC1O[C@@H]2[C@H](O1)[C@@](F)(COP(=O)(N[C@@H](CC(=O)OCCC(C)C)C(=O)OCCC(C)C)Oc1ccccc1)O[C@@]2(C#N)c1ccc2c(N)ncnn12. The minimum Gasteiger partial charge on any atom is -0.466 e. The van der Waals surface area contributed by atoms with E-state index >= 15 is 4.39 Å². The number of nitrogens with one attached hydrogen (secondary N) is 1. The number of benzene rings is 1. The van der Waals surface area contributed by atoms with Gasteiger partial charge in [0.1, 0.15) is 42.4 Å². The van der Waals surface area contributed by atoms with Crippen LogP contribution in [0.3, 0.4) is 0 Å². The highest BCUT2D eigenvalue weighted by Crippen LogP contribution is 2.54. The summed E-state index contributed by atoms with van der Waals surface area (Å²) in [6.07, 6.45) is -1.57. The first-order valence-electron chi connectivity index (χ1n) is 17.0. The monoisotopic (exact) mass is 762 g/mol. The maximum atomic E-state index is 17.4. The van der Waals surface area contributed by atoms with Crippen LogP contribution in [0.1, 0.15) is 52.7 Å². The lowest BCUT2D eigenvalue weighted by Gasteiger charge is -2.30. The molecule has 5 rings (SSSR count). The van der Waals surface area contributed by atoms with Crippen molar-refractivity contribution in [1.29, 1.82) is 5.26 Å². The lowest BCUT2D eigenvalue weighted by atomic mass is 9.92. The van der Waals surface area contributed by atoms with Gasteiger partial charge in [0.05, 0.1) is 25.3 Å². The number of rotatable bonds is 18.